The van der Waals surface area contributed by atoms with E-state index in [1.54, 1.807) is 19.2 Å². The van der Waals surface area contributed by atoms with E-state index in [0.717, 1.165) is 0 Å². The number of anilines is 1. The van der Waals surface area contributed by atoms with Crippen LogP contribution in [0, 0.1) is 17.1 Å². The van der Waals surface area contributed by atoms with Crippen LogP contribution in [0.3, 0.4) is 0 Å². The molecule has 0 spiro atoms. The summed E-state index contributed by atoms with van der Waals surface area (Å²) in [6.07, 6.45) is 0. The summed E-state index contributed by atoms with van der Waals surface area (Å²) in [6, 6.07) is 5.93. The smallest absolute Gasteiger partial charge is 0.143 e. The van der Waals surface area contributed by atoms with Crippen molar-refractivity contribution in [3.8, 4) is 6.07 Å². The second-order valence-corrected chi connectivity index (χ2v) is 2.39. The largest absolute Gasteiger partial charge is 0.314 e. The van der Waals surface area contributed by atoms with E-state index in [0.29, 0.717) is 5.69 Å². The molecule has 0 saturated carbocycles. The molecule has 0 fully saturated rings. The molecule has 0 atom stereocenters. The van der Waals surface area contributed by atoms with Crippen LogP contribution in [0.2, 0.25) is 0 Å². The van der Waals surface area contributed by atoms with E-state index >= 15 is 0 Å². The predicted octanol–water partition coefficient (Wildman–Crippen LogP) is 1.01. The third-order valence-corrected chi connectivity index (χ3v) is 1.48. The van der Waals surface area contributed by atoms with Crippen molar-refractivity contribution in [1.82, 2.24) is 0 Å². The number of halogens is 1. The molecule has 1 aromatic rings. The summed E-state index contributed by atoms with van der Waals surface area (Å²) < 4.78 is 12.9. The molecule has 1 rings (SSSR count). The van der Waals surface area contributed by atoms with Crippen molar-refractivity contribution in [2.45, 2.75) is 0 Å². The Labute approximate surface area is 69.8 Å². The minimum atomic E-state index is -0.549. The summed E-state index contributed by atoms with van der Waals surface area (Å²) in [7, 11) is 1.60. The highest BCUT2D eigenvalue weighted by Crippen LogP contribution is 2.14. The van der Waals surface area contributed by atoms with Crippen LogP contribution in [0.15, 0.2) is 18.2 Å². The quantitative estimate of drug-likeness (QED) is 0.499. The van der Waals surface area contributed by atoms with Gasteiger partial charge in [0.15, 0.2) is 0 Å². The molecule has 62 valence electrons. The first-order chi connectivity index (χ1) is 5.65. The maximum atomic E-state index is 12.9. The van der Waals surface area contributed by atoms with Gasteiger partial charge in [0.25, 0.3) is 0 Å². The van der Waals surface area contributed by atoms with Gasteiger partial charge in [-0.2, -0.15) is 5.26 Å². The Balaban J connectivity index is 3.12. The van der Waals surface area contributed by atoms with Crippen LogP contribution in [0.1, 0.15) is 5.56 Å². The average molecular weight is 165 g/mol. The third kappa shape index (κ3) is 1.52. The third-order valence-electron chi connectivity index (χ3n) is 1.48. The normalized spacial score (nSPS) is 9.17. The van der Waals surface area contributed by atoms with Gasteiger partial charge in [0.1, 0.15) is 11.9 Å². The van der Waals surface area contributed by atoms with E-state index in [4.69, 9.17) is 11.1 Å². The standard InChI is InChI=1S/C8H8FN3/c1-12(11)7-3-2-6(5-10)8(9)4-7/h2-4H,11H2,1H3. The summed E-state index contributed by atoms with van der Waals surface area (Å²) in [5.41, 5.74) is 0.562. The van der Waals surface area contributed by atoms with Crippen molar-refractivity contribution >= 4 is 5.69 Å². The summed E-state index contributed by atoms with van der Waals surface area (Å²) in [5, 5.41) is 9.70. The van der Waals surface area contributed by atoms with Crippen molar-refractivity contribution in [3.05, 3.63) is 29.6 Å². The number of nitrogens with two attached hydrogens (primary N) is 1. The lowest BCUT2D eigenvalue weighted by molar-refractivity contribution is 0.623. The first kappa shape index (κ1) is 8.50. The van der Waals surface area contributed by atoms with Gasteiger partial charge in [0, 0.05) is 7.05 Å². The SMILES string of the molecule is CN(N)c1ccc(C#N)c(F)c1. The fraction of sp³-hybridized carbons (Fsp3) is 0.125. The summed E-state index contributed by atoms with van der Waals surface area (Å²) in [6.45, 7) is 0. The molecule has 0 bridgehead atoms. The lowest BCUT2D eigenvalue weighted by Gasteiger charge is -2.11. The van der Waals surface area contributed by atoms with E-state index in [2.05, 4.69) is 0 Å². The molecular formula is C8H8FN3. The van der Waals surface area contributed by atoms with Crippen LogP contribution in [-0.4, -0.2) is 7.05 Å². The molecule has 0 radical (unpaired) electrons. The summed E-state index contributed by atoms with van der Waals surface area (Å²) >= 11 is 0. The van der Waals surface area contributed by atoms with E-state index in [-0.39, 0.29) is 5.56 Å². The van der Waals surface area contributed by atoms with Gasteiger partial charge in [-0.05, 0) is 18.2 Å². The molecule has 0 unspecified atom stereocenters. The molecule has 0 aliphatic heterocycles. The zero-order chi connectivity index (χ0) is 9.14. The van der Waals surface area contributed by atoms with Crippen molar-refractivity contribution in [1.29, 1.82) is 5.26 Å². The molecule has 1 aromatic carbocycles. The van der Waals surface area contributed by atoms with Crippen LogP contribution in [0.5, 0.6) is 0 Å². The molecule has 0 saturated heterocycles. The van der Waals surface area contributed by atoms with Gasteiger partial charge in [-0.25, -0.2) is 10.2 Å². The molecule has 0 aromatic heterocycles. The second kappa shape index (κ2) is 3.20. The van der Waals surface area contributed by atoms with Crippen LogP contribution in [-0.2, 0) is 0 Å². The number of hydrogen-bond donors (Lipinski definition) is 1. The molecule has 4 heteroatoms. The van der Waals surface area contributed by atoms with Crippen molar-refractivity contribution in [3.63, 3.8) is 0 Å². The van der Waals surface area contributed by atoms with Crippen molar-refractivity contribution < 1.29 is 4.39 Å². The monoisotopic (exact) mass is 165 g/mol. The summed E-state index contributed by atoms with van der Waals surface area (Å²) in [5.74, 6) is 4.81. The maximum Gasteiger partial charge on any atom is 0.143 e. The van der Waals surface area contributed by atoms with Gasteiger partial charge in [-0.3, -0.25) is 0 Å². The number of benzene rings is 1. The summed E-state index contributed by atoms with van der Waals surface area (Å²) in [4.78, 5) is 0. The lowest BCUT2D eigenvalue weighted by Crippen LogP contribution is -2.25. The molecule has 2 N–H and O–H groups in total. The van der Waals surface area contributed by atoms with E-state index in [1.807, 2.05) is 0 Å². The minimum absolute atomic E-state index is 0.0283. The molecule has 0 aliphatic carbocycles. The molecule has 0 aliphatic rings. The number of hydrazine groups is 1. The second-order valence-electron chi connectivity index (χ2n) is 2.39. The van der Waals surface area contributed by atoms with Gasteiger partial charge in [-0.15, -0.1) is 0 Å². The van der Waals surface area contributed by atoms with Gasteiger partial charge >= 0.3 is 0 Å². The highest BCUT2D eigenvalue weighted by molar-refractivity contribution is 5.48. The van der Waals surface area contributed by atoms with E-state index < -0.39 is 5.82 Å². The predicted molar refractivity (Wildman–Crippen MR) is 43.7 cm³/mol. The zero-order valence-electron chi connectivity index (χ0n) is 6.58. The van der Waals surface area contributed by atoms with E-state index in [9.17, 15) is 4.39 Å². The first-order valence-electron chi connectivity index (χ1n) is 3.33. The first-order valence-corrected chi connectivity index (χ1v) is 3.33. The number of hydrogen-bond acceptors (Lipinski definition) is 3. The maximum absolute atomic E-state index is 12.9. The van der Waals surface area contributed by atoms with Gasteiger partial charge in [0.2, 0.25) is 0 Å². The Morgan fingerprint density at radius 1 is 1.58 bits per heavy atom. The molecule has 12 heavy (non-hydrogen) atoms. The topological polar surface area (TPSA) is 53.0 Å². The Hall–Kier alpha value is -1.60. The minimum Gasteiger partial charge on any atom is -0.314 e. The van der Waals surface area contributed by atoms with Crippen LogP contribution in [0.4, 0.5) is 10.1 Å². The zero-order valence-corrected chi connectivity index (χ0v) is 6.58. The lowest BCUT2D eigenvalue weighted by atomic mass is 10.2. The highest BCUT2D eigenvalue weighted by atomic mass is 19.1. The highest BCUT2D eigenvalue weighted by Gasteiger charge is 2.03. The number of nitriles is 1. The fourth-order valence-electron chi connectivity index (χ4n) is 0.814. The van der Waals surface area contributed by atoms with Gasteiger partial charge < -0.3 is 5.01 Å². The van der Waals surface area contributed by atoms with Crippen molar-refractivity contribution in [2.75, 3.05) is 12.1 Å². The molecular weight excluding hydrogens is 157 g/mol. The van der Waals surface area contributed by atoms with E-state index in [1.165, 1.54) is 17.1 Å². The van der Waals surface area contributed by atoms with Gasteiger partial charge in [0.05, 0.1) is 11.3 Å². The van der Waals surface area contributed by atoms with Gasteiger partial charge in [-0.1, -0.05) is 0 Å². The molecule has 3 nitrogen and oxygen atoms in total. The van der Waals surface area contributed by atoms with Crippen molar-refractivity contribution in [2.24, 2.45) is 5.84 Å². The molecule has 0 heterocycles. The Kier molecular flexibility index (Phi) is 2.26. The average Bonchev–Trinajstić information content (AvgIpc) is 2.04. The number of rotatable bonds is 1. The fourth-order valence-corrected chi connectivity index (χ4v) is 0.814. The van der Waals surface area contributed by atoms with Crippen LogP contribution < -0.4 is 10.9 Å². The number of nitrogens with zero attached hydrogens (tertiary/aromatic N) is 2. The molecule has 0 amide bonds. The Morgan fingerprint density at radius 2 is 2.25 bits per heavy atom. The van der Waals surface area contributed by atoms with Crippen LogP contribution >= 0.6 is 0 Å². The Bertz CT molecular complexity index is 328. The Morgan fingerprint density at radius 3 is 2.67 bits per heavy atom. The van der Waals surface area contributed by atoms with Crippen LogP contribution in [0.25, 0.3) is 0 Å².